The molecule has 0 radical (unpaired) electrons. The first-order chi connectivity index (χ1) is 15.9. The fourth-order valence-corrected chi connectivity index (χ4v) is 5.74. The quantitative estimate of drug-likeness (QED) is 0.284. The van der Waals surface area contributed by atoms with Gasteiger partial charge in [-0.1, -0.05) is 48.5 Å². The van der Waals surface area contributed by atoms with Crippen LogP contribution in [-0.4, -0.2) is 14.5 Å². The summed E-state index contributed by atoms with van der Waals surface area (Å²) in [7, 11) is 0. The Hall–Kier alpha value is -4.02. The third-order valence-electron chi connectivity index (χ3n) is 6.10. The first-order valence-corrected chi connectivity index (χ1v) is 11.4. The van der Waals surface area contributed by atoms with Crippen molar-refractivity contribution in [1.29, 1.82) is 0 Å². The van der Waals surface area contributed by atoms with E-state index in [1.807, 2.05) is 35.9 Å². The second-order valence-electron chi connectivity index (χ2n) is 7.94. The van der Waals surface area contributed by atoms with Crippen LogP contribution in [0.4, 0.5) is 0 Å². The highest BCUT2D eigenvalue weighted by Crippen LogP contribution is 2.39. The third-order valence-corrected chi connectivity index (χ3v) is 7.24. The molecule has 0 unspecified atom stereocenters. The van der Waals surface area contributed by atoms with Gasteiger partial charge in [-0.3, -0.25) is 9.55 Å². The zero-order valence-electron chi connectivity index (χ0n) is 17.1. The maximum absolute atomic E-state index is 4.86. The maximum atomic E-state index is 4.86. The number of pyridine rings is 2. The van der Waals surface area contributed by atoms with Gasteiger partial charge in [0.2, 0.25) is 0 Å². The molecule has 0 spiro atoms. The first-order valence-electron chi connectivity index (χ1n) is 10.6. The largest absolute Gasteiger partial charge is 0.292 e. The monoisotopic (exact) mass is 427 g/mol. The van der Waals surface area contributed by atoms with E-state index in [2.05, 4.69) is 83.4 Å². The summed E-state index contributed by atoms with van der Waals surface area (Å²) >= 11 is 1.84. The Morgan fingerprint density at radius 2 is 1.47 bits per heavy atom. The minimum atomic E-state index is 0.901. The average molecular weight is 428 g/mol. The van der Waals surface area contributed by atoms with Gasteiger partial charge in [0.15, 0.2) is 0 Å². The number of thiophene rings is 1. The van der Waals surface area contributed by atoms with Crippen molar-refractivity contribution in [1.82, 2.24) is 14.5 Å². The molecule has 32 heavy (non-hydrogen) atoms. The molecule has 0 aliphatic carbocycles. The fourth-order valence-electron chi connectivity index (χ4n) is 4.62. The van der Waals surface area contributed by atoms with Crippen LogP contribution in [0.5, 0.6) is 0 Å². The lowest BCUT2D eigenvalue weighted by molar-refractivity contribution is 1.08. The van der Waals surface area contributed by atoms with Crippen LogP contribution in [0.3, 0.4) is 0 Å². The molecular weight excluding hydrogens is 410 g/mol. The predicted octanol–water partition coefficient (Wildman–Crippen LogP) is 7.61. The number of nitrogens with zero attached hydrogens (tertiary/aromatic N) is 3. The van der Waals surface area contributed by atoms with E-state index in [9.17, 15) is 0 Å². The summed E-state index contributed by atoms with van der Waals surface area (Å²) < 4.78 is 4.82. The van der Waals surface area contributed by atoms with Gasteiger partial charge in [-0.2, -0.15) is 0 Å². The highest BCUT2D eigenvalue weighted by atomic mass is 32.1. The molecule has 3 nitrogen and oxygen atoms in total. The molecular formula is C28H17N3S. The van der Waals surface area contributed by atoms with E-state index < -0.39 is 0 Å². The molecule has 0 N–H and O–H groups in total. The van der Waals surface area contributed by atoms with Crippen molar-refractivity contribution in [3.8, 4) is 16.9 Å². The van der Waals surface area contributed by atoms with Crippen molar-refractivity contribution in [3.05, 3.63) is 103 Å². The summed E-state index contributed by atoms with van der Waals surface area (Å²) in [6.45, 7) is 0. The Labute approximate surface area is 188 Å². The average Bonchev–Trinajstić information content (AvgIpc) is 3.38. The number of benzene rings is 3. The first kappa shape index (κ1) is 17.6. The molecule has 0 saturated carbocycles. The minimum absolute atomic E-state index is 0.901. The fraction of sp³-hybridized carbons (Fsp3) is 0. The molecule has 150 valence electrons. The number of aromatic nitrogens is 3. The molecule has 0 atom stereocenters. The van der Waals surface area contributed by atoms with Gasteiger partial charge >= 0.3 is 0 Å². The van der Waals surface area contributed by atoms with E-state index in [-0.39, 0.29) is 0 Å². The van der Waals surface area contributed by atoms with E-state index >= 15 is 0 Å². The summed E-state index contributed by atoms with van der Waals surface area (Å²) in [6.07, 6.45) is 3.82. The van der Waals surface area contributed by atoms with Crippen LogP contribution in [0, 0.1) is 0 Å². The van der Waals surface area contributed by atoms with Gasteiger partial charge in [-0.25, -0.2) is 4.98 Å². The molecule has 0 aliphatic heterocycles. The summed E-state index contributed by atoms with van der Waals surface area (Å²) in [5, 5.41) is 3.75. The highest BCUT2D eigenvalue weighted by Gasteiger charge is 2.16. The zero-order chi connectivity index (χ0) is 21.1. The van der Waals surface area contributed by atoms with Crippen molar-refractivity contribution in [2.45, 2.75) is 0 Å². The van der Waals surface area contributed by atoms with Gasteiger partial charge < -0.3 is 0 Å². The second-order valence-corrected chi connectivity index (χ2v) is 9.03. The van der Waals surface area contributed by atoms with Crippen molar-refractivity contribution >= 4 is 53.4 Å². The molecule has 4 heterocycles. The SMILES string of the molecule is c1ccc(-c2ccc(-n3c4cc5sc6ccccc6c5cc4c4ncccc43)nc2)cc1. The number of hydrogen-bond acceptors (Lipinski definition) is 3. The van der Waals surface area contributed by atoms with Gasteiger partial charge in [-0.05, 0) is 48.0 Å². The van der Waals surface area contributed by atoms with Crippen LogP contribution in [0.15, 0.2) is 103 Å². The molecule has 0 amide bonds. The summed E-state index contributed by atoms with van der Waals surface area (Å²) in [6, 6.07) is 31.9. The van der Waals surface area contributed by atoms with Crippen LogP contribution in [0.1, 0.15) is 0 Å². The molecule has 4 heteroatoms. The molecule has 4 aromatic heterocycles. The normalized spacial score (nSPS) is 11.8. The Balaban J connectivity index is 1.51. The lowest BCUT2D eigenvalue weighted by Gasteiger charge is -2.08. The number of hydrogen-bond donors (Lipinski definition) is 0. The van der Waals surface area contributed by atoms with E-state index in [0.29, 0.717) is 0 Å². The highest BCUT2D eigenvalue weighted by molar-refractivity contribution is 7.25. The van der Waals surface area contributed by atoms with E-state index in [1.54, 1.807) is 0 Å². The summed E-state index contributed by atoms with van der Waals surface area (Å²) in [5.41, 5.74) is 5.50. The van der Waals surface area contributed by atoms with E-state index in [0.717, 1.165) is 33.3 Å². The minimum Gasteiger partial charge on any atom is -0.292 e. The van der Waals surface area contributed by atoms with Gasteiger partial charge in [-0.15, -0.1) is 11.3 Å². The van der Waals surface area contributed by atoms with Crippen LogP contribution in [-0.2, 0) is 0 Å². The van der Waals surface area contributed by atoms with Crippen molar-refractivity contribution in [2.75, 3.05) is 0 Å². The summed E-state index contributed by atoms with van der Waals surface area (Å²) in [4.78, 5) is 9.61. The van der Waals surface area contributed by atoms with Crippen molar-refractivity contribution < 1.29 is 0 Å². The Kier molecular flexibility index (Phi) is 3.72. The van der Waals surface area contributed by atoms with Gasteiger partial charge in [0.25, 0.3) is 0 Å². The lowest BCUT2D eigenvalue weighted by Crippen LogP contribution is -1.97. The standard InChI is InChI=1S/C28H17N3S/c1-2-7-18(8-3-1)19-12-13-27(30-17-19)31-23-10-6-14-29-28(23)22-15-21-20-9-4-5-11-25(20)32-26(21)16-24(22)31/h1-17H. The van der Waals surface area contributed by atoms with Crippen LogP contribution in [0.25, 0.3) is 59.1 Å². The Bertz CT molecular complexity index is 1760. The molecule has 0 saturated heterocycles. The maximum Gasteiger partial charge on any atom is 0.137 e. The zero-order valence-corrected chi connectivity index (χ0v) is 17.9. The van der Waals surface area contributed by atoms with E-state index in [4.69, 9.17) is 9.97 Å². The number of fused-ring (bicyclic) bond motifs is 6. The molecule has 3 aromatic carbocycles. The molecule has 0 bridgehead atoms. The summed E-state index contributed by atoms with van der Waals surface area (Å²) in [5.74, 6) is 0.901. The van der Waals surface area contributed by atoms with Crippen LogP contribution in [0.2, 0.25) is 0 Å². The van der Waals surface area contributed by atoms with Crippen molar-refractivity contribution in [3.63, 3.8) is 0 Å². The van der Waals surface area contributed by atoms with E-state index in [1.165, 1.54) is 25.7 Å². The van der Waals surface area contributed by atoms with Crippen LogP contribution >= 0.6 is 11.3 Å². The molecule has 7 aromatic rings. The van der Waals surface area contributed by atoms with Crippen LogP contribution < -0.4 is 0 Å². The smallest absolute Gasteiger partial charge is 0.137 e. The van der Waals surface area contributed by atoms with Crippen molar-refractivity contribution in [2.24, 2.45) is 0 Å². The predicted molar refractivity (Wildman–Crippen MR) is 135 cm³/mol. The third kappa shape index (κ3) is 2.53. The second kappa shape index (κ2) is 6.74. The molecule has 0 aliphatic rings. The number of rotatable bonds is 2. The topological polar surface area (TPSA) is 30.7 Å². The molecule has 0 fully saturated rings. The van der Waals surface area contributed by atoms with Gasteiger partial charge in [0.1, 0.15) is 5.82 Å². The van der Waals surface area contributed by atoms with Gasteiger partial charge in [0.05, 0.1) is 16.6 Å². The van der Waals surface area contributed by atoms with Gasteiger partial charge in [0, 0.05) is 43.5 Å². The Morgan fingerprint density at radius 3 is 2.34 bits per heavy atom. The molecule has 7 rings (SSSR count). The lowest BCUT2D eigenvalue weighted by atomic mass is 10.1. The Morgan fingerprint density at radius 1 is 0.594 bits per heavy atom.